The van der Waals surface area contributed by atoms with Gasteiger partial charge in [0.2, 0.25) is 0 Å². The molecule has 0 saturated carbocycles. The second-order valence-electron chi connectivity index (χ2n) is 7.84. The molecule has 0 saturated heterocycles. The minimum absolute atomic E-state index is 0.0745. The molecule has 146 valence electrons. The summed E-state index contributed by atoms with van der Waals surface area (Å²) in [6.45, 7) is 6.47. The molecule has 0 spiro atoms. The van der Waals surface area contributed by atoms with E-state index in [1.165, 1.54) is 5.56 Å². The number of rotatable bonds is 3. The smallest absolute Gasteiger partial charge is 0.308 e. The normalized spacial score (nSPS) is 11.4. The van der Waals surface area contributed by atoms with Crippen LogP contribution in [0.25, 0.3) is 16.9 Å². The highest BCUT2D eigenvalue weighted by molar-refractivity contribution is 6.00. The molecule has 4 aromatic rings. The Morgan fingerprint density at radius 2 is 1.69 bits per heavy atom. The fourth-order valence-corrected chi connectivity index (χ4v) is 2.99. The number of aromatic nitrogens is 4. The van der Waals surface area contributed by atoms with E-state index in [-0.39, 0.29) is 11.4 Å². The molecule has 7 nitrogen and oxygen atoms in total. The van der Waals surface area contributed by atoms with Gasteiger partial charge in [-0.1, -0.05) is 45.0 Å². The molecular weight excluding hydrogens is 364 g/mol. The Morgan fingerprint density at radius 1 is 0.931 bits per heavy atom. The van der Waals surface area contributed by atoms with Gasteiger partial charge in [-0.3, -0.25) is 0 Å². The van der Waals surface area contributed by atoms with Gasteiger partial charge >= 0.3 is 6.03 Å². The molecule has 2 heterocycles. The van der Waals surface area contributed by atoms with E-state index in [2.05, 4.69) is 46.7 Å². The highest BCUT2D eigenvalue weighted by Gasteiger charge is 2.13. The number of nitrogens with one attached hydrogen (secondary N) is 2. The summed E-state index contributed by atoms with van der Waals surface area (Å²) in [5.41, 5.74) is 5.04. The van der Waals surface area contributed by atoms with Crippen molar-refractivity contribution in [3.8, 4) is 11.3 Å². The summed E-state index contributed by atoms with van der Waals surface area (Å²) in [6, 6.07) is 18.8. The average molecular weight is 386 g/mol. The van der Waals surface area contributed by atoms with E-state index < -0.39 is 0 Å². The molecule has 2 N–H and O–H groups in total. The molecule has 0 bridgehead atoms. The number of hydrogen-bond donors (Lipinski definition) is 2. The first-order valence-corrected chi connectivity index (χ1v) is 9.34. The number of carbonyl (C=O) groups is 1. The zero-order valence-corrected chi connectivity index (χ0v) is 16.5. The van der Waals surface area contributed by atoms with Crippen molar-refractivity contribution in [1.82, 2.24) is 19.8 Å². The molecule has 0 radical (unpaired) electrons. The van der Waals surface area contributed by atoms with Gasteiger partial charge in [-0.25, -0.2) is 4.79 Å². The zero-order valence-electron chi connectivity index (χ0n) is 16.5. The van der Waals surface area contributed by atoms with E-state index in [0.717, 1.165) is 16.9 Å². The Balaban J connectivity index is 1.46. The van der Waals surface area contributed by atoms with Crippen molar-refractivity contribution in [1.29, 1.82) is 0 Å². The molecule has 29 heavy (non-hydrogen) atoms. The molecule has 2 amide bonds. The Hall–Kier alpha value is -3.74. The zero-order chi connectivity index (χ0) is 20.4. The fraction of sp³-hybridized carbons (Fsp3) is 0.182. The third-order valence-electron chi connectivity index (χ3n) is 4.59. The van der Waals surface area contributed by atoms with E-state index >= 15 is 0 Å². The SMILES string of the molecule is CC(C)(C)c1ccc(NC(=O)Nc2cccc(-c3ccc4nncn4n3)c2)cc1. The largest absolute Gasteiger partial charge is 0.323 e. The van der Waals surface area contributed by atoms with E-state index in [1.807, 2.05) is 60.7 Å². The van der Waals surface area contributed by atoms with Gasteiger partial charge in [-0.15, -0.1) is 10.2 Å². The number of fused-ring (bicyclic) bond motifs is 1. The van der Waals surface area contributed by atoms with Crippen molar-refractivity contribution in [3.05, 3.63) is 72.6 Å². The molecule has 0 fully saturated rings. The van der Waals surface area contributed by atoms with Gasteiger partial charge in [0.25, 0.3) is 0 Å². The molecule has 7 heteroatoms. The second-order valence-corrected chi connectivity index (χ2v) is 7.84. The summed E-state index contributed by atoms with van der Waals surface area (Å²) >= 11 is 0. The van der Waals surface area contributed by atoms with Crippen molar-refractivity contribution < 1.29 is 4.79 Å². The summed E-state index contributed by atoms with van der Waals surface area (Å²) in [4.78, 5) is 12.4. The monoisotopic (exact) mass is 386 g/mol. The van der Waals surface area contributed by atoms with Gasteiger partial charge in [0, 0.05) is 16.9 Å². The van der Waals surface area contributed by atoms with Gasteiger partial charge in [-0.05, 0) is 47.4 Å². The molecule has 4 rings (SSSR count). The number of hydrogen-bond acceptors (Lipinski definition) is 4. The maximum absolute atomic E-state index is 12.4. The molecule has 0 unspecified atom stereocenters. The number of urea groups is 1. The van der Waals surface area contributed by atoms with Gasteiger partial charge in [0.15, 0.2) is 5.65 Å². The van der Waals surface area contributed by atoms with Crippen molar-refractivity contribution in [2.45, 2.75) is 26.2 Å². The van der Waals surface area contributed by atoms with Crippen LogP contribution >= 0.6 is 0 Å². The molecule has 2 aromatic carbocycles. The first-order valence-electron chi connectivity index (χ1n) is 9.34. The van der Waals surface area contributed by atoms with E-state index in [9.17, 15) is 4.79 Å². The topological polar surface area (TPSA) is 84.2 Å². The average Bonchev–Trinajstić information content (AvgIpc) is 3.15. The Kier molecular flexibility index (Phi) is 4.72. The van der Waals surface area contributed by atoms with Crippen LogP contribution in [-0.2, 0) is 5.41 Å². The number of benzene rings is 2. The Bertz CT molecular complexity index is 1160. The van der Waals surface area contributed by atoms with Crippen molar-refractivity contribution in [2.75, 3.05) is 10.6 Å². The lowest BCUT2D eigenvalue weighted by atomic mass is 9.87. The molecule has 0 aliphatic carbocycles. The van der Waals surface area contributed by atoms with Gasteiger partial charge in [-0.2, -0.15) is 9.61 Å². The van der Waals surface area contributed by atoms with Crippen LogP contribution in [0.1, 0.15) is 26.3 Å². The molecular formula is C22H22N6O. The number of amides is 2. The van der Waals surface area contributed by atoms with Gasteiger partial charge in [0.05, 0.1) is 5.69 Å². The van der Waals surface area contributed by atoms with Crippen LogP contribution in [0.3, 0.4) is 0 Å². The Morgan fingerprint density at radius 3 is 2.45 bits per heavy atom. The van der Waals surface area contributed by atoms with E-state index in [4.69, 9.17) is 0 Å². The van der Waals surface area contributed by atoms with Crippen LogP contribution in [0.4, 0.5) is 16.2 Å². The van der Waals surface area contributed by atoms with E-state index in [1.54, 1.807) is 10.8 Å². The lowest BCUT2D eigenvalue weighted by Gasteiger charge is -2.19. The highest BCUT2D eigenvalue weighted by atomic mass is 16.2. The van der Waals surface area contributed by atoms with Crippen molar-refractivity contribution in [3.63, 3.8) is 0 Å². The lowest BCUT2D eigenvalue weighted by molar-refractivity contribution is 0.262. The quantitative estimate of drug-likeness (QED) is 0.533. The van der Waals surface area contributed by atoms with Gasteiger partial charge in [0.1, 0.15) is 6.33 Å². The van der Waals surface area contributed by atoms with Gasteiger partial charge < -0.3 is 10.6 Å². The minimum atomic E-state index is -0.298. The van der Waals surface area contributed by atoms with Crippen LogP contribution in [0.15, 0.2) is 67.0 Å². The van der Waals surface area contributed by atoms with Crippen LogP contribution in [0.5, 0.6) is 0 Å². The third-order valence-corrected chi connectivity index (χ3v) is 4.59. The Labute approximate surface area is 168 Å². The summed E-state index contributed by atoms with van der Waals surface area (Å²) in [6.07, 6.45) is 1.55. The predicted molar refractivity (Wildman–Crippen MR) is 114 cm³/mol. The van der Waals surface area contributed by atoms with Crippen LogP contribution in [0, 0.1) is 0 Å². The number of carbonyl (C=O) groups excluding carboxylic acids is 1. The summed E-state index contributed by atoms with van der Waals surface area (Å²) < 4.78 is 1.61. The van der Waals surface area contributed by atoms with Crippen molar-refractivity contribution in [2.24, 2.45) is 0 Å². The molecule has 2 aromatic heterocycles. The van der Waals surface area contributed by atoms with Crippen LogP contribution in [-0.4, -0.2) is 25.8 Å². The fourth-order valence-electron chi connectivity index (χ4n) is 2.99. The molecule has 0 atom stereocenters. The first kappa shape index (κ1) is 18.6. The lowest BCUT2D eigenvalue weighted by Crippen LogP contribution is -2.19. The predicted octanol–water partition coefficient (Wildman–Crippen LogP) is 4.73. The highest BCUT2D eigenvalue weighted by Crippen LogP contribution is 2.24. The van der Waals surface area contributed by atoms with E-state index in [0.29, 0.717) is 11.3 Å². The number of anilines is 2. The summed E-state index contributed by atoms with van der Waals surface area (Å²) in [5.74, 6) is 0. The molecule has 0 aliphatic heterocycles. The maximum atomic E-state index is 12.4. The van der Waals surface area contributed by atoms with Crippen molar-refractivity contribution >= 4 is 23.1 Å². The standard InChI is InChI=1S/C22H22N6O/c1-22(2,3)16-7-9-17(10-8-16)24-21(29)25-18-6-4-5-15(13-18)19-11-12-20-26-23-14-28(20)27-19/h4-14H,1-3H3,(H2,24,25,29). The summed E-state index contributed by atoms with van der Waals surface area (Å²) in [7, 11) is 0. The number of nitrogens with zero attached hydrogens (tertiary/aromatic N) is 4. The second kappa shape index (κ2) is 7.35. The van der Waals surface area contributed by atoms with Crippen LogP contribution < -0.4 is 10.6 Å². The maximum Gasteiger partial charge on any atom is 0.323 e. The third kappa shape index (κ3) is 4.24. The first-order chi connectivity index (χ1) is 13.9. The summed E-state index contributed by atoms with van der Waals surface area (Å²) in [5, 5.41) is 18.0. The molecule has 0 aliphatic rings. The minimum Gasteiger partial charge on any atom is -0.308 e. The van der Waals surface area contributed by atoms with Crippen LogP contribution in [0.2, 0.25) is 0 Å².